The van der Waals surface area contributed by atoms with Gasteiger partial charge in [0.25, 0.3) is 0 Å². The molecule has 0 heterocycles. The third kappa shape index (κ3) is 4.70. The second-order valence-corrected chi connectivity index (χ2v) is 13.3. The highest BCUT2D eigenvalue weighted by Gasteiger charge is 2.75. The number of aliphatic hydroxyl groups is 3. The second kappa shape index (κ2) is 11.2. The van der Waals surface area contributed by atoms with E-state index >= 15 is 0 Å². The van der Waals surface area contributed by atoms with Gasteiger partial charge in [-0.1, -0.05) is 97.6 Å². The van der Waals surface area contributed by atoms with Crippen LogP contribution < -0.4 is 0 Å². The van der Waals surface area contributed by atoms with Crippen molar-refractivity contribution in [2.24, 2.45) is 34.5 Å². The van der Waals surface area contributed by atoms with Crippen molar-refractivity contribution in [2.75, 3.05) is 13.2 Å². The minimum atomic E-state index is -1.81. The summed E-state index contributed by atoms with van der Waals surface area (Å²) in [6.45, 7) is 10.8. The van der Waals surface area contributed by atoms with Gasteiger partial charge in [0.1, 0.15) is 17.8 Å². The molecule has 0 aromatic carbocycles. The summed E-state index contributed by atoms with van der Waals surface area (Å²) in [6, 6.07) is 0. The lowest BCUT2D eigenvalue weighted by Gasteiger charge is -2.49. The molecule has 5 nitrogen and oxygen atoms in total. The van der Waals surface area contributed by atoms with E-state index in [4.69, 9.17) is 4.74 Å². The van der Waals surface area contributed by atoms with E-state index in [0.717, 1.165) is 24.8 Å². The van der Waals surface area contributed by atoms with Crippen molar-refractivity contribution in [1.82, 2.24) is 0 Å². The third-order valence-corrected chi connectivity index (χ3v) is 10.7. The lowest BCUT2D eigenvalue weighted by molar-refractivity contribution is -0.199. The number of ketones is 1. The molecule has 1 spiro atoms. The van der Waals surface area contributed by atoms with E-state index in [0.29, 0.717) is 18.1 Å². The first kappa shape index (κ1) is 29.0. The largest absolute Gasteiger partial charge is 0.392 e. The van der Waals surface area contributed by atoms with Gasteiger partial charge in [-0.05, 0) is 54.1 Å². The maximum Gasteiger partial charge on any atom is 0.153 e. The average molecular weight is 517 g/mol. The molecule has 2 bridgehead atoms. The summed E-state index contributed by atoms with van der Waals surface area (Å²) in [5.74, 6) is 0.0318. The van der Waals surface area contributed by atoms with Gasteiger partial charge >= 0.3 is 0 Å². The first-order chi connectivity index (χ1) is 17.6. The fourth-order valence-electron chi connectivity index (χ4n) is 8.46. The van der Waals surface area contributed by atoms with E-state index in [1.165, 1.54) is 51.4 Å². The summed E-state index contributed by atoms with van der Waals surface area (Å²) in [5, 5.41) is 34.3. The predicted molar refractivity (Wildman–Crippen MR) is 147 cm³/mol. The molecule has 4 aliphatic rings. The highest BCUT2D eigenvalue weighted by atomic mass is 16.5. The van der Waals surface area contributed by atoms with Crippen molar-refractivity contribution in [2.45, 2.75) is 123 Å². The summed E-state index contributed by atoms with van der Waals surface area (Å²) < 4.78 is 6.34. The molecule has 0 aromatic rings. The molecule has 0 aliphatic heterocycles. The van der Waals surface area contributed by atoms with Gasteiger partial charge < -0.3 is 20.1 Å². The molecule has 4 rings (SSSR count). The zero-order valence-electron chi connectivity index (χ0n) is 24.0. The standard InChI is InChI=1S/C32H52O5/c1-6-7-8-9-10-11-12-13-14-15-16-37-29-21(2)19-31-22(3)17-25-26(30(25,4)5)24(28(31)35)18-23(20-33)27(34)32(29,31)36/h18-19,22,24-27,29,33-34,36H,6-17,20H2,1-5H3/t22-,24+,25-,26+,27+,29+,31+,32-/m1/s1. The van der Waals surface area contributed by atoms with Gasteiger partial charge in [0.2, 0.25) is 0 Å². The summed E-state index contributed by atoms with van der Waals surface area (Å²) in [7, 11) is 0. The van der Waals surface area contributed by atoms with Gasteiger partial charge in [-0.3, -0.25) is 4.79 Å². The first-order valence-electron chi connectivity index (χ1n) is 15.2. The van der Waals surface area contributed by atoms with Gasteiger partial charge in [-0.25, -0.2) is 0 Å². The molecule has 8 atom stereocenters. The Morgan fingerprint density at radius 3 is 2.22 bits per heavy atom. The Labute approximate surface area is 224 Å². The third-order valence-electron chi connectivity index (χ3n) is 10.7. The number of allylic oxidation sites excluding steroid dienone is 1. The minimum absolute atomic E-state index is 0.00698. The van der Waals surface area contributed by atoms with E-state index < -0.39 is 29.1 Å². The Kier molecular flexibility index (Phi) is 8.80. The molecule has 5 heteroatoms. The van der Waals surface area contributed by atoms with E-state index in [1.807, 2.05) is 13.0 Å². The van der Waals surface area contributed by atoms with Crippen LogP contribution in [0.1, 0.15) is 105 Å². The van der Waals surface area contributed by atoms with Crippen molar-refractivity contribution >= 4 is 5.78 Å². The number of aliphatic hydroxyl groups excluding tert-OH is 2. The van der Waals surface area contributed by atoms with Crippen LogP contribution in [0.25, 0.3) is 0 Å². The van der Waals surface area contributed by atoms with Crippen LogP contribution in [0.3, 0.4) is 0 Å². The van der Waals surface area contributed by atoms with Crippen LogP contribution in [0.5, 0.6) is 0 Å². The molecule has 3 N–H and O–H groups in total. The molecule has 2 saturated carbocycles. The molecule has 0 amide bonds. The van der Waals surface area contributed by atoms with Gasteiger partial charge in [-0.2, -0.15) is 0 Å². The Balaban J connectivity index is 1.44. The molecule has 0 radical (unpaired) electrons. The van der Waals surface area contributed by atoms with Crippen molar-refractivity contribution in [3.63, 3.8) is 0 Å². The molecule has 37 heavy (non-hydrogen) atoms. The summed E-state index contributed by atoms with van der Waals surface area (Å²) in [6.07, 6.45) is 14.8. The van der Waals surface area contributed by atoms with Crippen LogP contribution in [0.15, 0.2) is 23.3 Å². The molecule has 2 fully saturated rings. The highest BCUT2D eigenvalue weighted by Crippen LogP contribution is 2.71. The van der Waals surface area contributed by atoms with Crippen LogP contribution in [0.2, 0.25) is 0 Å². The average Bonchev–Trinajstić information content (AvgIpc) is 3.34. The summed E-state index contributed by atoms with van der Waals surface area (Å²) >= 11 is 0. The first-order valence-corrected chi connectivity index (χ1v) is 15.2. The smallest absolute Gasteiger partial charge is 0.153 e. The molecule has 4 aliphatic carbocycles. The topological polar surface area (TPSA) is 87.0 Å². The molecular weight excluding hydrogens is 464 g/mol. The number of Topliss-reactive ketones (excluding diaryl/α,β-unsaturated/α-hetero) is 1. The number of unbranched alkanes of at least 4 members (excludes halogenated alkanes) is 9. The number of fused-ring (bicyclic) bond motifs is 3. The number of carbonyl (C=O) groups excluding carboxylic acids is 1. The lowest BCUT2D eigenvalue weighted by Crippen LogP contribution is -2.65. The zero-order valence-corrected chi connectivity index (χ0v) is 24.0. The Hall–Kier alpha value is -1.01. The number of hydrogen-bond donors (Lipinski definition) is 3. The number of ether oxygens (including phenoxy) is 1. The van der Waals surface area contributed by atoms with Gasteiger partial charge in [0.05, 0.1) is 12.0 Å². The fraction of sp³-hybridized carbons (Fsp3) is 0.844. The lowest BCUT2D eigenvalue weighted by atomic mass is 9.59. The number of carbonyl (C=O) groups is 1. The van der Waals surface area contributed by atoms with E-state index in [2.05, 4.69) is 27.7 Å². The Bertz CT molecular complexity index is 890. The second-order valence-electron chi connectivity index (χ2n) is 13.3. The molecule has 210 valence electrons. The van der Waals surface area contributed by atoms with Crippen molar-refractivity contribution in [3.8, 4) is 0 Å². The van der Waals surface area contributed by atoms with Crippen molar-refractivity contribution in [1.29, 1.82) is 0 Å². The Morgan fingerprint density at radius 2 is 1.62 bits per heavy atom. The van der Waals surface area contributed by atoms with Crippen molar-refractivity contribution < 1.29 is 24.9 Å². The number of rotatable bonds is 13. The van der Waals surface area contributed by atoms with Crippen LogP contribution in [-0.4, -0.2) is 52.1 Å². The normalized spacial score (nSPS) is 39.8. The zero-order chi connectivity index (χ0) is 27.0. The van der Waals surface area contributed by atoms with Crippen LogP contribution in [-0.2, 0) is 9.53 Å². The monoisotopic (exact) mass is 516 g/mol. The molecule has 0 aromatic heterocycles. The van der Waals surface area contributed by atoms with Crippen LogP contribution >= 0.6 is 0 Å². The maximum atomic E-state index is 14.4. The number of hydrogen-bond acceptors (Lipinski definition) is 5. The van der Waals surface area contributed by atoms with Crippen LogP contribution in [0, 0.1) is 34.5 Å². The van der Waals surface area contributed by atoms with Gasteiger partial charge in [-0.15, -0.1) is 0 Å². The fourth-order valence-corrected chi connectivity index (χ4v) is 8.46. The van der Waals surface area contributed by atoms with Gasteiger partial charge in [0.15, 0.2) is 5.78 Å². The maximum absolute atomic E-state index is 14.4. The minimum Gasteiger partial charge on any atom is -0.392 e. The van der Waals surface area contributed by atoms with Crippen molar-refractivity contribution in [3.05, 3.63) is 23.3 Å². The summed E-state index contributed by atoms with van der Waals surface area (Å²) in [4.78, 5) is 14.4. The predicted octanol–water partition coefficient (Wildman–Crippen LogP) is 5.76. The highest BCUT2D eigenvalue weighted by molar-refractivity contribution is 5.95. The summed E-state index contributed by atoms with van der Waals surface area (Å²) in [5.41, 5.74) is -1.80. The van der Waals surface area contributed by atoms with E-state index in [9.17, 15) is 20.1 Å². The SMILES string of the molecule is CCCCCCCCCCCCO[C@H]1C(C)=C[C@]23C(=O)[C@@H](C=C(CO)[C@H](O)[C@@]12O)[C@H]1[C@@H](C[C@H]3C)C1(C)C. The van der Waals surface area contributed by atoms with E-state index in [1.54, 1.807) is 6.08 Å². The van der Waals surface area contributed by atoms with Gasteiger partial charge in [0, 0.05) is 12.5 Å². The van der Waals surface area contributed by atoms with Crippen LogP contribution in [0.4, 0.5) is 0 Å². The molecule has 0 saturated heterocycles. The van der Waals surface area contributed by atoms with E-state index in [-0.39, 0.29) is 29.6 Å². The molecular formula is C32H52O5. The quantitative estimate of drug-likeness (QED) is 0.214. The Morgan fingerprint density at radius 1 is 1.03 bits per heavy atom. The molecule has 0 unspecified atom stereocenters.